The minimum atomic E-state index is -0.750. The molecule has 6 nitrogen and oxygen atoms in total. The molecule has 2 amide bonds. The molecule has 2 saturated heterocycles. The number of carbonyl (C=O) groups excluding carboxylic acids is 2. The second-order valence-electron chi connectivity index (χ2n) is 7.92. The molecule has 3 heterocycles. The van der Waals surface area contributed by atoms with E-state index in [1.807, 2.05) is 18.7 Å². The highest BCUT2D eigenvalue weighted by Crippen LogP contribution is 2.41. The Balaban J connectivity index is 1.71. The fraction of sp³-hybridized carbons (Fsp3) is 0.524. The molecule has 0 bridgehead atoms. The van der Waals surface area contributed by atoms with Gasteiger partial charge < -0.3 is 19.0 Å². The molecule has 28 heavy (non-hydrogen) atoms. The Morgan fingerprint density at radius 1 is 1.21 bits per heavy atom. The molecule has 2 aromatic rings. The smallest absolute Gasteiger partial charge is 0.290 e. The first-order valence-electron chi connectivity index (χ1n) is 9.77. The number of likely N-dealkylation sites (tertiary alicyclic amines) is 2. The zero-order chi connectivity index (χ0) is 20.1. The van der Waals surface area contributed by atoms with Crippen LogP contribution in [0, 0.1) is 0 Å². The van der Waals surface area contributed by atoms with E-state index in [4.69, 9.17) is 20.8 Å². The Bertz CT molecular complexity index is 938. The van der Waals surface area contributed by atoms with Gasteiger partial charge in [-0.3, -0.25) is 9.59 Å². The Kier molecular flexibility index (Phi) is 4.78. The van der Waals surface area contributed by atoms with Gasteiger partial charge in [-0.1, -0.05) is 11.6 Å². The number of nitrogens with zero attached hydrogens (tertiary/aromatic N) is 2. The van der Waals surface area contributed by atoms with Crippen molar-refractivity contribution in [2.24, 2.45) is 0 Å². The van der Waals surface area contributed by atoms with Crippen LogP contribution in [0.4, 0.5) is 0 Å². The predicted molar refractivity (Wildman–Crippen MR) is 107 cm³/mol. The minimum Gasteiger partial charge on any atom is -0.493 e. The van der Waals surface area contributed by atoms with Crippen molar-refractivity contribution in [2.75, 3.05) is 20.2 Å². The Hall–Kier alpha value is -2.21. The molecule has 0 saturated carbocycles. The summed E-state index contributed by atoms with van der Waals surface area (Å²) in [6.45, 7) is 5.35. The van der Waals surface area contributed by atoms with E-state index in [1.165, 1.54) is 7.11 Å². The molecule has 1 atom stereocenters. The van der Waals surface area contributed by atoms with Crippen LogP contribution in [0.15, 0.2) is 22.6 Å². The summed E-state index contributed by atoms with van der Waals surface area (Å²) in [4.78, 5) is 30.3. The van der Waals surface area contributed by atoms with Gasteiger partial charge >= 0.3 is 0 Å². The molecule has 7 heteroatoms. The molecule has 1 aromatic heterocycles. The van der Waals surface area contributed by atoms with E-state index < -0.39 is 5.54 Å². The number of furan rings is 1. The number of carbonyl (C=O) groups is 2. The van der Waals surface area contributed by atoms with E-state index >= 15 is 0 Å². The standard InChI is InChI=1S/C21H25ClN2O4/c1-13(2)23-8-4-6-21(20(23)26)7-5-9-24(21)19(25)17-11-14-10-15(22)12-16(27-3)18(14)28-17/h10-13H,4-9H2,1-3H3. The molecular weight excluding hydrogens is 380 g/mol. The highest BCUT2D eigenvalue weighted by molar-refractivity contribution is 6.31. The van der Waals surface area contributed by atoms with E-state index in [9.17, 15) is 9.59 Å². The zero-order valence-electron chi connectivity index (χ0n) is 16.5. The largest absolute Gasteiger partial charge is 0.493 e. The third kappa shape index (κ3) is 2.85. The molecule has 2 aliphatic heterocycles. The number of hydrogen-bond donors (Lipinski definition) is 0. The molecule has 150 valence electrons. The highest BCUT2D eigenvalue weighted by Gasteiger charge is 2.53. The maximum Gasteiger partial charge on any atom is 0.290 e. The summed E-state index contributed by atoms with van der Waals surface area (Å²) in [5, 5.41) is 1.22. The SMILES string of the molecule is COc1cc(Cl)cc2cc(C(=O)N3CCCC34CCCN(C(C)C)C4=O)oc12. The van der Waals surface area contributed by atoms with E-state index in [0.29, 0.717) is 41.1 Å². The fourth-order valence-corrected chi connectivity index (χ4v) is 4.86. The average Bonchev–Trinajstić information content (AvgIpc) is 3.27. The lowest BCUT2D eigenvalue weighted by atomic mass is 9.84. The molecule has 2 fully saturated rings. The number of fused-ring (bicyclic) bond motifs is 1. The second kappa shape index (κ2) is 6.99. The lowest BCUT2D eigenvalue weighted by Gasteiger charge is -2.45. The van der Waals surface area contributed by atoms with Gasteiger partial charge in [-0.2, -0.15) is 0 Å². The number of amides is 2. The molecule has 1 aromatic carbocycles. The zero-order valence-corrected chi connectivity index (χ0v) is 17.2. The fourth-order valence-electron chi connectivity index (χ4n) is 4.64. The van der Waals surface area contributed by atoms with Crippen LogP contribution in [0.1, 0.15) is 50.1 Å². The van der Waals surface area contributed by atoms with Gasteiger partial charge in [0.05, 0.1) is 7.11 Å². The summed E-state index contributed by atoms with van der Waals surface area (Å²) in [6, 6.07) is 5.21. The van der Waals surface area contributed by atoms with E-state index in [1.54, 1.807) is 23.1 Å². The van der Waals surface area contributed by atoms with Crippen LogP contribution in [0.2, 0.25) is 5.02 Å². The van der Waals surface area contributed by atoms with E-state index in [-0.39, 0.29) is 23.6 Å². The topological polar surface area (TPSA) is 63.0 Å². The van der Waals surface area contributed by atoms with Gasteiger partial charge in [0.15, 0.2) is 17.1 Å². The van der Waals surface area contributed by atoms with Crippen LogP contribution < -0.4 is 4.74 Å². The number of methoxy groups -OCH3 is 1. The maximum atomic E-state index is 13.4. The third-order valence-electron chi connectivity index (χ3n) is 5.98. The van der Waals surface area contributed by atoms with Crippen molar-refractivity contribution in [3.05, 3.63) is 29.0 Å². The first-order valence-corrected chi connectivity index (χ1v) is 10.2. The Morgan fingerprint density at radius 2 is 1.93 bits per heavy atom. The summed E-state index contributed by atoms with van der Waals surface area (Å²) < 4.78 is 11.2. The van der Waals surface area contributed by atoms with Crippen molar-refractivity contribution in [3.63, 3.8) is 0 Å². The lowest BCUT2D eigenvalue weighted by molar-refractivity contribution is -0.147. The third-order valence-corrected chi connectivity index (χ3v) is 6.20. The quantitative estimate of drug-likeness (QED) is 0.772. The number of ether oxygens (including phenoxy) is 1. The monoisotopic (exact) mass is 404 g/mol. The molecule has 0 N–H and O–H groups in total. The summed E-state index contributed by atoms with van der Waals surface area (Å²) in [5.41, 5.74) is -0.261. The number of benzene rings is 1. The van der Waals surface area contributed by atoms with E-state index in [0.717, 1.165) is 19.4 Å². The van der Waals surface area contributed by atoms with Gasteiger partial charge in [0.1, 0.15) is 5.54 Å². The lowest BCUT2D eigenvalue weighted by Crippen LogP contribution is -2.62. The first-order chi connectivity index (χ1) is 13.4. The molecular formula is C21H25ClN2O4. The summed E-state index contributed by atoms with van der Waals surface area (Å²) in [5.74, 6) is 0.519. The molecule has 4 rings (SSSR count). The minimum absolute atomic E-state index is 0.0661. The Morgan fingerprint density at radius 3 is 2.61 bits per heavy atom. The molecule has 1 spiro atoms. The van der Waals surface area contributed by atoms with Crippen LogP contribution in [0.5, 0.6) is 5.75 Å². The van der Waals surface area contributed by atoms with Crippen molar-refractivity contribution in [2.45, 2.75) is 51.1 Å². The predicted octanol–water partition coefficient (Wildman–Crippen LogP) is 4.10. The number of piperidine rings is 1. The van der Waals surface area contributed by atoms with Gasteiger partial charge in [-0.15, -0.1) is 0 Å². The molecule has 1 unspecified atom stereocenters. The van der Waals surface area contributed by atoms with Crippen molar-refractivity contribution in [1.29, 1.82) is 0 Å². The second-order valence-corrected chi connectivity index (χ2v) is 8.36. The van der Waals surface area contributed by atoms with Crippen molar-refractivity contribution in [3.8, 4) is 5.75 Å². The van der Waals surface area contributed by atoms with Crippen molar-refractivity contribution in [1.82, 2.24) is 9.80 Å². The van der Waals surface area contributed by atoms with Crippen molar-refractivity contribution < 1.29 is 18.7 Å². The number of hydrogen-bond acceptors (Lipinski definition) is 4. The first kappa shape index (κ1) is 19.1. The van der Waals surface area contributed by atoms with E-state index in [2.05, 4.69) is 0 Å². The Labute approximate surface area is 169 Å². The van der Waals surface area contributed by atoms with Gasteiger partial charge in [-0.25, -0.2) is 0 Å². The summed E-state index contributed by atoms with van der Waals surface area (Å²) in [7, 11) is 1.53. The summed E-state index contributed by atoms with van der Waals surface area (Å²) >= 11 is 6.13. The van der Waals surface area contributed by atoms with Crippen LogP contribution in [0.3, 0.4) is 0 Å². The number of halogens is 1. The number of rotatable bonds is 3. The highest BCUT2D eigenvalue weighted by atomic mass is 35.5. The van der Waals surface area contributed by atoms with Crippen molar-refractivity contribution >= 4 is 34.4 Å². The molecule has 0 aliphatic carbocycles. The van der Waals surface area contributed by atoms with Crippen LogP contribution in [-0.2, 0) is 4.79 Å². The maximum absolute atomic E-state index is 13.4. The summed E-state index contributed by atoms with van der Waals surface area (Å²) in [6.07, 6.45) is 3.13. The van der Waals surface area contributed by atoms with Crippen LogP contribution in [0.25, 0.3) is 11.0 Å². The van der Waals surface area contributed by atoms with Crippen LogP contribution in [-0.4, -0.2) is 53.4 Å². The normalized spacial score (nSPS) is 22.7. The van der Waals surface area contributed by atoms with Gasteiger partial charge in [0.2, 0.25) is 5.91 Å². The van der Waals surface area contributed by atoms with Gasteiger partial charge in [-0.05, 0) is 51.7 Å². The average molecular weight is 405 g/mol. The van der Waals surface area contributed by atoms with Crippen LogP contribution >= 0.6 is 11.6 Å². The van der Waals surface area contributed by atoms with Gasteiger partial charge in [0.25, 0.3) is 5.91 Å². The van der Waals surface area contributed by atoms with Gasteiger partial charge in [0, 0.05) is 35.6 Å². The molecule has 0 radical (unpaired) electrons. The molecule has 2 aliphatic rings.